The van der Waals surface area contributed by atoms with E-state index in [-0.39, 0.29) is 5.91 Å². The molecule has 1 aliphatic rings. The maximum Gasteiger partial charge on any atom is 0.331 e. The van der Waals surface area contributed by atoms with Gasteiger partial charge in [-0.1, -0.05) is 30.3 Å². The number of rotatable bonds is 5. The van der Waals surface area contributed by atoms with Crippen LogP contribution in [0.15, 0.2) is 59.0 Å². The van der Waals surface area contributed by atoms with Gasteiger partial charge < -0.3 is 18.8 Å². The number of anilines is 1. The van der Waals surface area contributed by atoms with Crippen molar-refractivity contribution in [3.8, 4) is 5.75 Å². The molecule has 0 aliphatic carbocycles. The van der Waals surface area contributed by atoms with E-state index >= 15 is 0 Å². The van der Waals surface area contributed by atoms with Crippen molar-refractivity contribution in [3.05, 3.63) is 65.9 Å². The molecule has 6 heteroatoms. The number of fused-ring (bicyclic) bond motifs is 2. The number of ether oxygens (including phenoxy) is 2. The summed E-state index contributed by atoms with van der Waals surface area (Å²) in [5, 5.41) is 0.870. The molecule has 0 saturated heterocycles. The molecule has 3 aromatic rings. The number of methoxy groups -OCH3 is 1. The molecule has 1 unspecified atom stereocenters. The predicted octanol–water partition coefficient (Wildman–Crippen LogP) is 4.37. The zero-order chi connectivity index (χ0) is 21.1. The van der Waals surface area contributed by atoms with Gasteiger partial charge in [0.05, 0.1) is 7.11 Å². The Kier molecular flexibility index (Phi) is 5.57. The molecule has 2 heterocycles. The molecule has 154 valence electrons. The highest BCUT2D eigenvalue weighted by molar-refractivity contribution is 5.99. The summed E-state index contributed by atoms with van der Waals surface area (Å²) < 4.78 is 16.3. The second kappa shape index (κ2) is 8.45. The molecule has 2 aromatic carbocycles. The van der Waals surface area contributed by atoms with E-state index in [9.17, 15) is 9.59 Å². The molecule has 4 rings (SSSR count). The maximum atomic E-state index is 12.9. The van der Waals surface area contributed by atoms with E-state index in [1.54, 1.807) is 31.1 Å². The molecular weight excluding hydrogens is 382 g/mol. The van der Waals surface area contributed by atoms with Crippen LogP contribution in [0.3, 0.4) is 0 Å². The minimum atomic E-state index is -0.885. The van der Waals surface area contributed by atoms with Gasteiger partial charge in [0.15, 0.2) is 17.4 Å². The van der Waals surface area contributed by atoms with Gasteiger partial charge in [0.2, 0.25) is 0 Å². The zero-order valence-electron chi connectivity index (χ0n) is 17.0. The van der Waals surface area contributed by atoms with Gasteiger partial charge in [-0.15, -0.1) is 0 Å². The monoisotopic (exact) mass is 405 g/mol. The summed E-state index contributed by atoms with van der Waals surface area (Å²) in [7, 11) is 1.57. The number of amides is 1. The third-order valence-electron chi connectivity index (χ3n) is 5.15. The molecule has 0 N–H and O–H groups in total. The van der Waals surface area contributed by atoms with Crippen molar-refractivity contribution in [2.45, 2.75) is 25.9 Å². The summed E-state index contributed by atoms with van der Waals surface area (Å²) >= 11 is 0. The number of carbonyl (C=O) groups is 2. The lowest BCUT2D eigenvalue weighted by molar-refractivity contribution is -0.149. The lowest BCUT2D eigenvalue weighted by Crippen LogP contribution is -2.42. The average molecular weight is 405 g/mol. The van der Waals surface area contributed by atoms with E-state index in [0.29, 0.717) is 23.6 Å². The van der Waals surface area contributed by atoms with Gasteiger partial charge in [0.1, 0.15) is 5.76 Å². The molecular formula is C24H23NO5. The van der Waals surface area contributed by atoms with Crippen molar-refractivity contribution in [2.24, 2.45) is 0 Å². The van der Waals surface area contributed by atoms with E-state index in [0.717, 1.165) is 29.5 Å². The second-order valence-electron chi connectivity index (χ2n) is 7.16. The van der Waals surface area contributed by atoms with Gasteiger partial charge in [-0.3, -0.25) is 4.79 Å². The van der Waals surface area contributed by atoms with Gasteiger partial charge in [-0.2, -0.15) is 0 Å². The van der Waals surface area contributed by atoms with Crippen molar-refractivity contribution < 1.29 is 23.5 Å². The van der Waals surface area contributed by atoms with Crippen LogP contribution >= 0.6 is 0 Å². The fourth-order valence-corrected chi connectivity index (χ4v) is 3.70. The summed E-state index contributed by atoms with van der Waals surface area (Å²) in [4.78, 5) is 26.8. The Morgan fingerprint density at radius 1 is 1.17 bits per heavy atom. The first-order chi connectivity index (χ1) is 14.6. The summed E-state index contributed by atoms with van der Waals surface area (Å²) in [6.07, 6.45) is 3.73. The molecule has 1 aromatic heterocycles. The number of para-hydroxylation sites is 2. The number of hydrogen-bond donors (Lipinski definition) is 0. The first kappa shape index (κ1) is 19.8. The highest BCUT2D eigenvalue weighted by Gasteiger charge is 2.27. The zero-order valence-corrected chi connectivity index (χ0v) is 17.0. The van der Waals surface area contributed by atoms with E-state index in [4.69, 9.17) is 13.9 Å². The SMILES string of the molecule is COc1cccc2cc(/C=C/C(=O)OC(C)C(=O)N3CCCc4ccccc43)oc12. The molecule has 0 radical (unpaired) electrons. The number of furan rings is 1. The van der Waals surface area contributed by atoms with Gasteiger partial charge in [0, 0.05) is 23.7 Å². The highest BCUT2D eigenvalue weighted by atomic mass is 16.5. The lowest BCUT2D eigenvalue weighted by Gasteiger charge is -2.31. The van der Waals surface area contributed by atoms with Crippen molar-refractivity contribution >= 4 is 34.6 Å². The van der Waals surface area contributed by atoms with Crippen molar-refractivity contribution in [3.63, 3.8) is 0 Å². The van der Waals surface area contributed by atoms with Gasteiger partial charge in [-0.25, -0.2) is 4.79 Å². The van der Waals surface area contributed by atoms with Crippen molar-refractivity contribution in [2.75, 3.05) is 18.6 Å². The summed E-state index contributed by atoms with van der Waals surface area (Å²) in [6.45, 7) is 2.21. The van der Waals surface area contributed by atoms with Gasteiger partial charge in [-0.05, 0) is 49.6 Å². The van der Waals surface area contributed by atoms with E-state index < -0.39 is 12.1 Å². The highest BCUT2D eigenvalue weighted by Crippen LogP contribution is 2.29. The van der Waals surface area contributed by atoms with Crippen molar-refractivity contribution in [1.82, 2.24) is 0 Å². The smallest absolute Gasteiger partial charge is 0.331 e. The summed E-state index contributed by atoms with van der Waals surface area (Å²) in [5.74, 6) is 0.289. The lowest BCUT2D eigenvalue weighted by atomic mass is 10.0. The van der Waals surface area contributed by atoms with E-state index in [1.165, 1.54) is 12.2 Å². The summed E-state index contributed by atoms with van der Waals surface area (Å²) in [6, 6.07) is 15.2. The van der Waals surface area contributed by atoms with Gasteiger partial charge in [0.25, 0.3) is 5.91 Å². The van der Waals surface area contributed by atoms with Crippen LogP contribution in [0.5, 0.6) is 5.75 Å². The van der Waals surface area contributed by atoms with Gasteiger partial charge >= 0.3 is 5.97 Å². The van der Waals surface area contributed by atoms with Crippen LogP contribution in [-0.4, -0.2) is 31.6 Å². The molecule has 1 amide bonds. The van der Waals surface area contributed by atoms with Crippen LogP contribution in [0.25, 0.3) is 17.0 Å². The first-order valence-electron chi connectivity index (χ1n) is 9.91. The van der Waals surface area contributed by atoms with Crippen LogP contribution in [-0.2, 0) is 20.7 Å². The molecule has 0 fully saturated rings. The van der Waals surface area contributed by atoms with Crippen LogP contribution in [0.2, 0.25) is 0 Å². The maximum absolute atomic E-state index is 12.9. The number of hydrogen-bond acceptors (Lipinski definition) is 5. The molecule has 0 spiro atoms. The number of nitrogens with zero attached hydrogens (tertiary/aromatic N) is 1. The van der Waals surface area contributed by atoms with E-state index in [2.05, 4.69) is 0 Å². The Labute approximate surface area is 174 Å². The first-order valence-corrected chi connectivity index (χ1v) is 9.91. The standard InChI is InChI=1S/C24H23NO5/c1-16(24(27)25-14-6-9-17-7-3-4-10-20(17)25)29-22(26)13-12-19-15-18-8-5-11-21(28-2)23(18)30-19/h3-5,7-8,10-13,15-16H,6,9,14H2,1-2H3/b13-12+. The number of esters is 1. The number of aryl methyl sites for hydroxylation is 1. The van der Waals surface area contributed by atoms with Crippen LogP contribution in [0.4, 0.5) is 5.69 Å². The Bertz CT molecular complexity index is 1110. The molecule has 1 atom stereocenters. The second-order valence-corrected chi connectivity index (χ2v) is 7.16. The Hall–Kier alpha value is -3.54. The molecule has 6 nitrogen and oxygen atoms in total. The minimum absolute atomic E-state index is 0.225. The Balaban J connectivity index is 1.42. The minimum Gasteiger partial charge on any atom is -0.493 e. The molecule has 30 heavy (non-hydrogen) atoms. The fraction of sp³-hybridized carbons (Fsp3) is 0.250. The molecule has 0 saturated carbocycles. The third-order valence-corrected chi connectivity index (χ3v) is 5.15. The molecule has 0 bridgehead atoms. The van der Waals surface area contributed by atoms with Crippen LogP contribution in [0, 0.1) is 0 Å². The topological polar surface area (TPSA) is 69.0 Å². The largest absolute Gasteiger partial charge is 0.493 e. The average Bonchev–Trinajstić information content (AvgIpc) is 3.20. The van der Waals surface area contributed by atoms with E-state index in [1.807, 2.05) is 36.4 Å². The van der Waals surface area contributed by atoms with Crippen LogP contribution in [0.1, 0.15) is 24.7 Å². The third kappa shape index (κ3) is 3.94. The number of benzene rings is 2. The molecule has 1 aliphatic heterocycles. The van der Waals surface area contributed by atoms with Crippen molar-refractivity contribution in [1.29, 1.82) is 0 Å². The number of carbonyl (C=O) groups excluding carboxylic acids is 2. The van der Waals surface area contributed by atoms with Crippen LogP contribution < -0.4 is 9.64 Å². The fourth-order valence-electron chi connectivity index (χ4n) is 3.70. The quantitative estimate of drug-likeness (QED) is 0.466. The summed E-state index contributed by atoms with van der Waals surface area (Å²) in [5.41, 5.74) is 2.64. The Morgan fingerprint density at radius 2 is 2.00 bits per heavy atom. The predicted molar refractivity (Wildman–Crippen MR) is 114 cm³/mol. The Morgan fingerprint density at radius 3 is 2.83 bits per heavy atom. The normalized spacial score (nSPS) is 14.5.